The van der Waals surface area contributed by atoms with Crippen LogP contribution >= 0.6 is 0 Å². The number of anilines is 3. The van der Waals surface area contributed by atoms with Crippen LogP contribution in [-0.4, -0.2) is 0 Å². The van der Waals surface area contributed by atoms with Gasteiger partial charge in [-0.05, 0) is 36.4 Å². The third-order valence-corrected chi connectivity index (χ3v) is 6.24. The van der Waals surface area contributed by atoms with Gasteiger partial charge in [0.1, 0.15) is 22.3 Å². The minimum atomic E-state index is 0.814. The second kappa shape index (κ2) is 7.01. The van der Waals surface area contributed by atoms with E-state index in [-0.39, 0.29) is 0 Å². The molecular weight excluding hydrogens is 406 g/mol. The van der Waals surface area contributed by atoms with Gasteiger partial charge < -0.3 is 13.7 Å². The molecule has 33 heavy (non-hydrogen) atoms. The minimum Gasteiger partial charge on any atom is -0.456 e. The van der Waals surface area contributed by atoms with E-state index < -0.39 is 0 Å². The summed E-state index contributed by atoms with van der Waals surface area (Å²) in [6.07, 6.45) is 0. The smallest absolute Gasteiger partial charge is 0.149 e. The third-order valence-electron chi connectivity index (χ3n) is 6.24. The van der Waals surface area contributed by atoms with Crippen molar-refractivity contribution < 1.29 is 8.83 Å². The number of furan rings is 2. The monoisotopic (exact) mass is 425 g/mol. The highest BCUT2D eigenvalue weighted by atomic mass is 16.3. The van der Waals surface area contributed by atoms with Crippen molar-refractivity contribution in [3.05, 3.63) is 115 Å². The lowest BCUT2D eigenvalue weighted by Crippen LogP contribution is -2.10. The zero-order valence-electron chi connectivity index (χ0n) is 17.7. The molecule has 3 heteroatoms. The number of hydrogen-bond acceptors (Lipinski definition) is 3. The van der Waals surface area contributed by atoms with E-state index in [4.69, 9.17) is 8.83 Å². The molecule has 3 nitrogen and oxygen atoms in total. The Morgan fingerprint density at radius 3 is 1.61 bits per heavy atom. The maximum Gasteiger partial charge on any atom is 0.149 e. The number of benzene rings is 5. The van der Waals surface area contributed by atoms with Gasteiger partial charge in [-0.25, -0.2) is 0 Å². The van der Waals surface area contributed by atoms with Crippen LogP contribution in [0, 0.1) is 0 Å². The molecule has 7 aromatic rings. The van der Waals surface area contributed by atoms with Crippen LogP contribution in [-0.2, 0) is 0 Å². The van der Waals surface area contributed by atoms with Crippen LogP contribution in [0.15, 0.2) is 124 Å². The van der Waals surface area contributed by atoms with Crippen molar-refractivity contribution in [1.29, 1.82) is 0 Å². The molecule has 0 saturated carbocycles. The zero-order chi connectivity index (χ0) is 21.8. The van der Waals surface area contributed by atoms with Gasteiger partial charge in [0.2, 0.25) is 0 Å². The van der Waals surface area contributed by atoms with Crippen molar-refractivity contribution in [3.63, 3.8) is 0 Å². The second-order valence-corrected chi connectivity index (χ2v) is 8.18. The Bertz CT molecular complexity index is 1720. The summed E-state index contributed by atoms with van der Waals surface area (Å²) in [5.41, 5.74) is 6.57. The van der Waals surface area contributed by atoms with E-state index in [9.17, 15) is 0 Å². The number of fused-ring (bicyclic) bond motifs is 7. The Hall–Kier alpha value is -4.50. The number of rotatable bonds is 3. The Morgan fingerprint density at radius 2 is 0.970 bits per heavy atom. The van der Waals surface area contributed by atoms with Crippen LogP contribution in [0.3, 0.4) is 0 Å². The third kappa shape index (κ3) is 2.69. The van der Waals surface area contributed by atoms with Gasteiger partial charge in [0.05, 0.1) is 16.5 Å². The van der Waals surface area contributed by atoms with E-state index in [0.717, 1.165) is 60.9 Å². The fraction of sp³-hybridized carbons (Fsp3) is 0. The first-order valence-electron chi connectivity index (χ1n) is 11.0. The maximum atomic E-state index is 6.51. The highest BCUT2D eigenvalue weighted by Crippen LogP contribution is 2.47. The van der Waals surface area contributed by atoms with Crippen molar-refractivity contribution in [2.75, 3.05) is 4.90 Å². The first-order valence-corrected chi connectivity index (χ1v) is 11.0. The summed E-state index contributed by atoms with van der Waals surface area (Å²) < 4.78 is 12.8. The molecule has 0 bridgehead atoms. The van der Waals surface area contributed by atoms with Gasteiger partial charge in [-0.1, -0.05) is 72.8 Å². The van der Waals surface area contributed by atoms with Crippen molar-refractivity contribution in [2.45, 2.75) is 0 Å². The highest BCUT2D eigenvalue weighted by Gasteiger charge is 2.24. The fourth-order valence-electron chi connectivity index (χ4n) is 4.83. The molecule has 0 saturated heterocycles. The molecule has 2 aromatic heterocycles. The largest absolute Gasteiger partial charge is 0.456 e. The second-order valence-electron chi connectivity index (χ2n) is 8.18. The summed E-state index contributed by atoms with van der Waals surface area (Å²) >= 11 is 0. The van der Waals surface area contributed by atoms with Crippen molar-refractivity contribution in [2.24, 2.45) is 0 Å². The maximum absolute atomic E-state index is 6.51. The lowest BCUT2D eigenvalue weighted by Gasteiger charge is -2.26. The molecule has 2 heterocycles. The minimum absolute atomic E-state index is 0.814. The van der Waals surface area contributed by atoms with E-state index in [1.807, 2.05) is 42.5 Å². The summed E-state index contributed by atoms with van der Waals surface area (Å²) in [5, 5.41) is 4.25. The molecule has 156 valence electrons. The molecule has 0 radical (unpaired) electrons. The molecule has 0 fully saturated rings. The van der Waals surface area contributed by atoms with Crippen molar-refractivity contribution in [3.8, 4) is 0 Å². The molecule has 0 spiro atoms. The average Bonchev–Trinajstić information content (AvgIpc) is 3.44. The molecule has 0 aliphatic heterocycles. The number of nitrogens with zero attached hydrogens (tertiary/aromatic N) is 1. The van der Waals surface area contributed by atoms with Crippen LogP contribution < -0.4 is 4.90 Å². The van der Waals surface area contributed by atoms with Crippen LogP contribution in [0.25, 0.3) is 43.9 Å². The molecule has 7 rings (SSSR count). The molecule has 0 unspecified atom stereocenters. The number of para-hydroxylation sites is 4. The molecule has 0 aliphatic rings. The predicted molar refractivity (Wildman–Crippen MR) is 136 cm³/mol. The van der Waals surface area contributed by atoms with Gasteiger partial charge in [0.15, 0.2) is 0 Å². The van der Waals surface area contributed by atoms with Gasteiger partial charge in [0, 0.05) is 28.2 Å². The molecular formula is C30H19NO2. The van der Waals surface area contributed by atoms with Gasteiger partial charge in [-0.2, -0.15) is 0 Å². The summed E-state index contributed by atoms with van der Waals surface area (Å²) in [7, 11) is 0. The topological polar surface area (TPSA) is 29.5 Å². The molecule has 0 amide bonds. The fourth-order valence-corrected chi connectivity index (χ4v) is 4.83. The molecule has 0 atom stereocenters. The SMILES string of the molecule is c1ccc(N(c2ccccc2)c2cc3oc4ccccc4c3c3oc4ccccc4c23)cc1. The average molecular weight is 425 g/mol. The first kappa shape index (κ1) is 18.1. The first-order chi connectivity index (χ1) is 16.4. The van der Waals surface area contributed by atoms with Crippen LogP contribution in [0.2, 0.25) is 0 Å². The van der Waals surface area contributed by atoms with E-state index in [2.05, 4.69) is 77.7 Å². The highest BCUT2D eigenvalue weighted by molar-refractivity contribution is 6.26. The summed E-state index contributed by atoms with van der Waals surface area (Å²) in [5.74, 6) is 0. The van der Waals surface area contributed by atoms with Crippen molar-refractivity contribution >= 4 is 60.9 Å². The molecule has 0 aliphatic carbocycles. The van der Waals surface area contributed by atoms with Crippen LogP contribution in [0.4, 0.5) is 17.1 Å². The molecule has 5 aromatic carbocycles. The van der Waals surface area contributed by atoms with Gasteiger partial charge in [-0.3, -0.25) is 0 Å². The summed E-state index contributed by atoms with van der Waals surface area (Å²) in [4.78, 5) is 2.27. The summed E-state index contributed by atoms with van der Waals surface area (Å²) in [6, 6.07) is 39.4. The van der Waals surface area contributed by atoms with Gasteiger partial charge in [-0.15, -0.1) is 0 Å². The zero-order valence-corrected chi connectivity index (χ0v) is 17.7. The van der Waals surface area contributed by atoms with E-state index in [1.54, 1.807) is 0 Å². The predicted octanol–water partition coefficient (Wildman–Crippen LogP) is 8.96. The standard InChI is InChI=1S/C30H19NO2/c1-3-11-20(12-4-1)31(21-13-5-2-6-14-21)24-19-27-29(23-16-8-9-17-25(23)32-27)30-28(24)22-15-7-10-18-26(22)33-30/h1-19H. The Morgan fingerprint density at radius 1 is 0.455 bits per heavy atom. The van der Waals surface area contributed by atoms with E-state index >= 15 is 0 Å². The lowest BCUT2D eigenvalue weighted by atomic mass is 10.0. The quantitative estimate of drug-likeness (QED) is 0.283. The number of hydrogen-bond donors (Lipinski definition) is 0. The lowest BCUT2D eigenvalue weighted by molar-refractivity contribution is 0.663. The van der Waals surface area contributed by atoms with E-state index in [1.165, 1.54) is 0 Å². The van der Waals surface area contributed by atoms with Crippen molar-refractivity contribution in [1.82, 2.24) is 0 Å². The Labute approximate surface area is 190 Å². The van der Waals surface area contributed by atoms with Crippen LogP contribution in [0.5, 0.6) is 0 Å². The Kier molecular flexibility index (Phi) is 3.84. The van der Waals surface area contributed by atoms with E-state index in [0.29, 0.717) is 0 Å². The van der Waals surface area contributed by atoms with Gasteiger partial charge >= 0.3 is 0 Å². The summed E-state index contributed by atoms with van der Waals surface area (Å²) in [6.45, 7) is 0. The Balaban J connectivity index is 1.68. The van der Waals surface area contributed by atoms with Crippen LogP contribution in [0.1, 0.15) is 0 Å². The normalized spacial score (nSPS) is 11.6. The molecule has 0 N–H and O–H groups in total. The van der Waals surface area contributed by atoms with Gasteiger partial charge in [0.25, 0.3) is 0 Å².